The lowest BCUT2D eigenvalue weighted by Crippen LogP contribution is -2.42. The normalized spacial score (nSPS) is 19.4. The second-order valence-corrected chi connectivity index (χ2v) is 5.53. The number of nitrogens with zero attached hydrogens (tertiary/aromatic N) is 3. The van der Waals surface area contributed by atoms with E-state index in [0.717, 1.165) is 6.54 Å². The van der Waals surface area contributed by atoms with Crippen LogP contribution < -0.4 is 0 Å². The van der Waals surface area contributed by atoms with E-state index in [2.05, 4.69) is 9.88 Å². The fraction of sp³-hybridized carbons (Fsp3) is 0.533. The third-order valence-corrected chi connectivity index (χ3v) is 3.37. The molecule has 0 radical (unpaired) electrons. The van der Waals surface area contributed by atoms with Crippen LogP contribution >= 0.6 is 0 Å². The molecule has 1 amide bonds. The molecule has 1 atom stereocenters. The van der Waals surface area contributed by atoms with Gasteiger partial charge in [-0.2, -0.15) is 0 Å². The molecule has 0 spiro atoms. The molecule has 1 saturated heterocycles. The van der Waals surface area contributed by atoms with Crippen LogP contribution in [0.1, 0.15) is 10.4 Å². The molecule has 114 valence electrons. The fourth-order valence-electron chi connectivity index (χ4n) is 2.46. The van der Waals surface area contributed by atoms with Gasteiger partial charge in [0.1, 0.15) is 0 Å². The van der Waals surface area contributed by atoms with Crippen LogP contribution in [-0.2, 0) is 9.53 Å². The minimum Gasteiger partial charge on any atom is -0.379 e. The van der Waals surface area contributed by atoms with Gasteiger partial charge in [-0.25, -0.2) is 0 Å². The van der Waals surface area contributed by atoms with E-state index in [1.165, 1.54) is 6.20 Å². The average Bonchev–Trinajstić information content (AvgIpc) is 2.71. The van der Waals surface area contributed by atoms with Gasteiger partial charge >= 0.3 is 0 Å². The largest absolute Gasteiger partial charge is 0.379 e. The van der Waals surface area contributed by atoms with E-state index in [1.54, 1.807) is 23.2 Å². The van der Waals surface area contributed by atoms with Crippen molar-refractivity contribution in [3.05, 3.63) is 30.1 Å². The number of amides is 1. The van der Waals surface area contributed by atoms with Crippen molar-refractivity contribution in [2.24, 2.45) is 5.92 Å². The summed E-state index contributed by atoms with van der Waals surface area (Å²) in [6.07, 6.45) is 3.00. The van der Waals surface area contributed by atoms with Gasteiger partial charge in [-0.15, -0.1) is 0 Å². The molecular formula is C15H21N3O3. The molecule has 2 rings (SSSR count). The maximum Gasteiger partial charge on any atom is 0.295 e. The molecule has 1 aliphatic heterocycles. The minimum absolute atomic E-state index is 0.216. The van der Waals surface area contributed by atoms with Crippen LogP contribution in [0, 0.1) is 5.92 Å². The van der Waals surface area contributed by atoms with Crippen LogP contribution in [-0.4, -0.2) is 73.4 Å². The Labute approximate surface area is 124 Å². The van der Waals surface area contributed by atoms with Gasteiger partial charge in [0.25, 0.3) is 11.7 Å². The molecule has 1 fully saturated rings. The summed E-state index contributed by atoms with van der Waals surface area (Å²) in [7, 11) is 3.97. The van der Waals surface area contributed by atoms with Crippen LogP contribution in [0.4, 0.5) is 0 Å². The molecule has 6 nitrogen and oxygen atoms in total. The molecule has 0 bridgehead atoms. The number of carbonyl (C=O) groups is 2. The van der Waals surface area contributed by atoms with E-state index in [1.807, 2.05) is 14.1 Å². The van der Waals surface area contributed by atoms with Crippen LogP contribution in [0.2, 0.25) is 0 Å². The van der Waals surface area contributed by atoms with Crippen molar-refractivity contribution in [2.45, 2.75) is 0 Å². The number of ether oxygens (including phenoxy) is 1. The highest BCUT2D eigenvalue weighted by Gasteiger charge is 2.27. The second kappa shape index (κ2) is 7.28. The number of hydrogen-bond donors (Lipinski definition) is 0. The van der Waals surface area contributed by atoms with Crippen molar-refractivity contribution < 1.29 is 14.3 Å². The molecule has 0 N–H and O–H groups in total. The van der Waals surface area contributed by atoms with Gasteiger partial charge in [0.15, 0.2) is 0 Å². The lowest BCUT2D eigenvalue weighted by Gasteiger charge is -2.24. The summed E-state index contributed by atoms with van der Waals surface area (Å²) >= 11 is 0. The maximum absolute atomic E-state index is 12.4. The molecule has 1 aliphatic rings. The predicted molar refractivity (Wildman–Crippen MR) is 78.0 cm³/mol. The van der Waals surface area contributed by atoms with Crippen molar-refractivity contribution >= 4 is 11.7 Å². The predicted octanol–water partition coefficient (Wildman–Crippen LogP) is 0.301. The molecule has 0 aliphatic carbocycles. The monoisotopic (exact) mass is 291 g/mol. The summed E-state index contributed by atoms with van der Waals surface area (Å²) in [6.45, 7) is 2.90. The van der Waals surface area contributed by atoms with E-state index >= 15 is 0 Å². The first kappa shape index (κ1) is 15.6. The highest BCUT2D eigenvalue weighted by Crippen LogP contribution is 2.10. The zero-order chi connectivity index (χ0) is 15.2. The second-order valence-electron chi connectivity index (χ2n) is 5.53. The molecule has 0 aromatic carbocycles. The Morgan fingerprint density at radius 1 is 1.48 bits per heavy atom. The molecule has 1 aromatic rings. The first-order valence-corrected chi connectivity index (χ1v) is 7.04. The topological polar surface area (TPSA) is 62.7 Å². The van der Waals surface area contributed by atoms with Gasteiger partial charge in [-0.1, -0.05) is 0 Å². The van der Waals surface area contributed by atoms with E-state index in [0.29, 0.717) is 31.9 Å². The zero-order valence-electron chi connectivity index (χ0n) is 12.5. The Morgan fingerprint density at radius 2 is 2.29 bits per heavy atom. The summed E-state index contributed by atoms with van der Waals surface area (Å²) < 4.78 is 5.53. The van der Waals surface area contributed by atoms with Gasteiger partial charge < -0.3 is 14.5 Å². The van der Waals surface area contributed by atoms with Crippen molar-refractivity contribution in [1.82, 2.24) is 14.8 Å². The Balaban J connectivity index is 2.05. The molecule has 2 heterocycles. The number of hydrogen-bond acceptors (Lipinski definition) is 5. The highest BCUT2D eigenvalue weighted by atomic mass is 16.5. The van der Waals surface area contributed by atoms with Gasteiger partial charge in [0.2, 0.25) is 0 Å². The van der Waals surface area contributed by atoms with E-state index < -0.39 is 11.7 Å². The molecule has 0 saturated carbocycles. The van der Waals surface area contributed by atoms with Gasteiger partial charge in [-0.05, 0) is 26.2 Å². The zero-order valence-corrected chi connectivity index (χ0v) is 12.5. The quantitative estimate of drug-likeness (QED) is 0.590. The lowest BCUT2D eigenvalue weighted by molar-refractivity contribution is -0.126. The third kappa shape index (κ3) is 4.34. The summed E-state index contributed by atoms with van der Waals surface area (Å²) in [5, 5.41) is 0. The van der Waals surface area contributed by atoms with Crippen molar-refractivity contribution in [3.63, 3.8) is 0 Å². The first-order valence-electron chi connectivity index (χ1n) is 7.04. The Bertz CT molecular complexity index is 490. The molecule has 1 aromatic heterocycles. The van der Waals surface area contributed by atoms with Gasteiger partial charge in [-0.3, -0.25) is 14.6 Å². The number of rotatable bonds is 4. The molecule has 6 heteroatoms. The summed E-state index contributed by atoms with van der Waals surface area (Å²) in [4.78, 5) is 32.1. The average molecular weight is 291 g/mol. The molecule has 21 heavy (non-hydrogen) atoms. The standard InChI is InChI=1S/C15H21N3O3/c1-17(2)9-12-10-18(6-7-21-11-12)15(20)14(19)13-4-3-5-16-8-13/h3-5,8,12H,6-7,9-11H2,1-2H3/t12-/m1/s1. The van der Waals surface area contributed by atoms with Crippen molar-refractivity contribution in [1.29, 1.82) is 0 Å². The lowest BCUT2D eigenvalue weighted by atomic mass is 10.1. The minimum atomic E-state index is -0.506. The molecule has 0 unspecified atom stereocenters. The first-order chi connectivity index (χ1) is 10.1. The summed E-state index contributed by atoms with van der Waals surface area (Å²) in [5.41, 5.74) is 0.330. The van der Waals surface area contributed by atoms with E-state index in [4.69, 9.17) is 4.74 Å². The summed E-state index contributed by atoms with van der Waals surface area (Å²) in [6, 6.07) is 3.26. The van der Waals surface area contributed by atoms with Crippen molar-refractivity contribution in [3.8, 4) is 0 Å². The Morgan fingerprint density at radius 3 is 2.95 bits per heavy atom. The van der Waals surface area contributed by atoms with Gasteiger partial charge in [0, 0.05) is 43.5 Å². The van der Waals surface area contributed by atoms with E-state index in [9.17, 15) is 9.59 Å². The smallest absolute Gasteiger partial charge is 0.295 e. The van der Waals surface area contributed by atoms with E-state index in [-0.39, 0.29) is 5.92 Å². The number of aromatic nitrogens is 1. The Kier molecular flexibility index (Phi) is 5.41. The highest BCUT2D eigenvalue weighted by molar-refractivity contribution is 6.42. The number of Topliss-reactive ketones (excluding diaryl/α,β-unsaturated/α-hetero) is 1. The molecular weight excluding hydrogens is 270 g/mol. The number of carbonyl (C=O) groups excluding carboxylic acids is 2. The Hall–Kier alpha value is -1.79. The summed E-state index contributed by atoms with van der Waals surface area (Å²) in [5.74, 6) is -0.765. The maximum atomic E-state index is 12.4. The number of pyridine rings is 1. The van der Waals surface area contributed by atoms with Crippen LogP contribution in [0.15, 0.2) is 24.5 Å². The van der Waals surface area contributed by atoms with Crippen LogP contribution in [0.25, 0.3) is 0 Å². The SMILES string of the molecule is CN(C)C[C@H]1COCCN(C(=O)C(=O)c2cccnc2)C1. The van der Waals surface area contributed by atoms with Gasteiger partial charge in [0.05, 0.1) is 13.2 Å². The van der Waals surface area contributed by atoms with Crippen LogP contribution in [0.5, 0.6) is 0 Å². The fourth-order valence-corrected chi connectivity index (χ4v) is 2.46. The van der Waals surface area contributed by atoms with Crippen molar-refractivity contribution in [2.75, 3.05) is 46.9 Å². The third-order valence-electron chi connectivity index (χ3n) is 3.37. The number of ketones is 1. The van der Waals surface area contributed by atoms with Crippen LogP contribution in [0.3, 0.4) is 0 Å².